The van der Waals surface area contributed by atoms with Gasteiger partial charge in [-0.3, -0.25) is 0 Å². The molecule has 0 saturated heterocycles. The van der Waals surface area contributed by atoms with Crippen LogP contribution in [-0.2, 0) is 80.4 Å². The monoisotopic (exact) mass is 2690 g/mol. The molecule has 16 heterocycles. The predicted molar refractivity (Wildman–Crippen MR) is 592 cm³/mol. The van der Waals surface area contributed by atoms with Gasteiger partial charge in [0, 0.05) is 194 Å². The molecule has 0 N–H and O–H groups in total. The smallest absolute Gasteiger partial charge is 0.216 e. The minimum absolute atomic E-state index is 0. The molecule has 760 valence electrons. The predicted octanol–water partition coefficient (Wildman–Crippen LogP) is 33.3. The minimum Gasteiger partial charge on any atom is -0.486 e. The van der Waals surface area contributed by atoms with Crippen molar-refractivity contribution in [3.05, 3.63) is 457 Å². The van der Waals surface area contributed by atoms with Gasteiger partial charge < -0.3 is 57.5 Å². The summed E-state index contributed by atoms with van der Waals surface area (Å²) in [6, 6.07) is 116. The van der Waals surface area contributed by atoms with Gasteiger partial charge in [-0.1, -0.05) is 233 Å². The van der Waals surface area contributed by atoms with E-state index in [4.69, 9.17) is 36.9 Å². The first-order valence-corrected chi connectivity index (χ1v) is 47.5. The molecule has 24 aromatic rings. The second kappa shape index (κ2) is 53.0. The van der Waals surface area contributed by atoms with Crippen molar-refractivity contribution in [2.45, 2.75) is 147 Å². The van der Waals surface area contributed by atoms with Crippen molar-refractivity contribution in [2.75, 3.05) is 0 Å². The number of nitrogens with zero attached hydrogens (tertiary/aromatic N) is 12. The number of pyridine rings is 12. The maximum absolute atomic E-state index is 8.59. The summed E-state index contributed by atoms with van der Waals surface area (Å²) < 4.78 is 134. The van der Waals surface area contributed by atoms with Crippen LogP contribution < -0.4 is 0 Å². The van der Waals surface area contributed by atoms with Crippen molar-refractivity contribution in [3.8, 4) is 90.1 Å². The van der Waals surface area contributed by atoms with Gasteiger partial charge in [-0.15, -0.1) is 214 Å². The molecular formula is C130H112Ir4N12O4-8. The van der Waals surface area contributed by atoms with Crippen LogP contribution in [0.1, 0.15) is 185 Å². The number of fused-ring (bicyclic) bond motifs is 12. The number of rotatable bonds is 13. The molecule has 4 radical (unpaired) electrons. The van der Waals surface area contributed by atoms with Gasteiger partial charge >= 0.3 is 0 Å². The Hall–Kier alpha value is -14.6. The van der Waals surface area contributed by atoms with Crippen molar-refractivity contribution in [1.29, 1.82) is 0 Å². The fourth-order valence-electron chi connectivity index (χ4n) is 16.4. The molecule has 0 aliphatic carbocycles. The van der Waals surface area contributed by atoms with Crippen LogP contribution in [0.3, 0.4) is 0 Å². The molecule has 0 saturated carbocycles. The van der Waals surface area contributed by atoms with E-state index in [1.165, 1.54) is 25.5 Å². The number of benzene rings is 8. The summed E-state index contributed by atoms with van der Waals surface area (Å²) in [5, 5.41) is 7.14. The van der Waals surface area contributed by atoms with Crippen molar-refractivity contribution >= 4 is 88.3 Å². The zero-order valence-corrected chi connectivity index (χ0v) is 94.2. The molecule has 8 aromatic carbocycles. The van der Waals surface area contributed by atoms with Gasteiger partial charge in [0.25, 0.3) is 0 Å². The summed E-state index contributed by atoms with van der Waals surface area (Å²) in [7, 11) is 0. The van der Waals surface area contributed by atoms with Crippen molar-refractivity contribution in [3.63, 3.8) is 0 Å². The number of aryl methyl sites for hydroxylation is 7. The zero-order chi connectivity index (χ0) is 114. The maximum atomic E-state index is 8.59. The van der Waals surface area contributed by atoms with E-state index in [1.807, 2.05) is 318 Å². The van der Waals surface area contributed by atoms with Gasteiger partial charge in [0.2, 0.25) is 22.9 Å². The first-order valence-electron chi connectivity index (χ1n) is 54.5. The largest absolute Gasteiger partial charge is 0.486 e. The normalized spacial score (nSPS) is 13.1. The zero-order valence-electron chi connectivity index (χ0n) is 98.7. The molecule has 0 spiro atoms. The second-order valence-electron chi connectivity index (χ2n) is 35.3. The summed E-state index contributed by atoms with van der Waals surface area (Å²) in [6.07, 6.45) is 13.2. The van der Waals surface area contributed by atoms with E-state index in [1.54, 1.807) is 94.2 Å². The Morgan fingerprint density at radius 1 is 0.260 bits per heavy atom. The number of hydrogen-bond acceptors (Lipinski definition) is 16. The summed E-state index contributed by atoms with van der Waals surface area (Å²) in [4.78, 5) is 52.4. The Kier molecular flexibility index (Phi) is 33.2. The third-order valence-electron chi connectivity index (χ3n) is 23.7. The number of hydrogen-bond donors (Lipinski definition) is 0. The van der Waals surface area contributed by atoms with Crippen LogP contribution in [0.5, 0.6) is 0 Å². The molecule has 16 nitrogen and oxygen atoms in total. The fourth-order valence-corrected chi connectivity index (χ4v) is 16.4. The Balaban J connectivity index is 0.000000156. The Morgan fingerprint density at radius 3 is 0.833 bits per heavy atom. The molecule has 0 aliphatic heterocycles. The van der Waals surface area contributed by atoms with E-state index in [0.29, 0.717) is 67.6 Å². The van der Waals surface area contributed by atoms with Crippen molar-refractivity contribution in [1.82, 2.24) is 59.8 Å². The van der Waals surface area contributed by atoms with Crippen LogP contribution in [0.15, 0.2) is 358 Å². The first-order chi connectivity index (χ1) is 76.1. The molecular weight excluding hydrogens is 2560 g/mol. The van der Waals surface area contributed by atoms with Crippen LogP contribution in [0, 0.1) is 96.9 Å². The Labute approximate surface area is 951 Å². The van der Waals surface area contributed by atoms with Crippen molar-refractivity contribution < 1.29 is 117 Å². The van der Waals surface area contributed by atoms with E-state index in [0.717, 1.165) is 172 Å². The van der Waals surface area contributed by atoms with Crippen LogP contribution >= 0.6 is 0 Å². The fraction of sp³-hybridized carbons (Fsp3) is 0.169. The van der Waals surface area contributed by atoms with E-state index in [9.17, 15) is 0 Å². The van der Waals surface area contributed by atoms with Gasteiger partial charge in [0.15, 0.2) is 0 Å². The van der Waals surface area contributed by atoms with Gasteiger partial charge in [-0.2, -0.15) is 0 Å². The van der Waals surface area contributed by atoms with E-state index < -0.39 is 50.0 Å². The Morgan fingerprint density at radius 2 is 0.560 bits per heavy atom. The summed E-state index contributed by atoms with van der Waals surface area (Å²) in [5.74, 6) is -4.98. The SMILES string of the molecule is [2H]C(C)(C)c1c[c-]c(-c2cc(C([2H])(C)C([2H])([2H])[2H])ccn2)c2oc3nc(C)ccc3c12.[2H]C(C)(C)c1c[c-]c(-c2ccccn2)c2oc3nc(C)ccc3c12.[2H]C(C)(C)c1c[c-]c(-c2ccccn2)c2oc3nc(C)ccc3c12.[2H]C(C)(C)c1c[c-]c(-c2ccccn2)c2oc3nc(C)ccc3c12.[2H]C([2H])([2H])c1ccc(-c2[c-]cccc2)nc1.[2H]C([2H])([2H])c1cnc(-c2[c-]cccc2)cc1C.[Ir].[Ir].[Ir].[Ir].[c-]1ccccc1-c1ccccn1.[c-]1ccccc1-c1ccccn1. The quantitative estimate of drug-likeness (QED) is 0.0984. The standard InChI is InChI=1S/C23H23N2O.3C20H17N2O.C13H12N.C12H10N.2C11H8N.4Ir/c1-13(2)16-10-11-24-20(12-16)18-9-8-17(14(3)4)21-19-7-6-15(5)25-23(19)26-22(18)21;3*1-12(2)14-9-10-15(17-6-4-5-11-21-17)19-18(14)16-8-7-13(3)22-20(16)23-19;1-10-8-13(14-9-11(10)2)12-6-4-3-5-7-12;1-10-7-8-12(13-9-10)11-5-3-2-4-6-11;2*1-2-6-10(7-3-1)11-8-4-5-9-12-11;;;;/h6-8,10-14H,1-5H3;3*4-9,11-12H,1-3H3;3-6,8-9H,1-2H3;2-5,7-9H,1H3;2*1-6,8-9H;;;;/q8*-1;;;;/i1D3,13D,14D;3*12D;2D3;1D3;;;;;;. The van der Waals surface area contributed by atoms with E-state index in [2.05, 4.69) is 108 Å². The number of furan rings is 4. The number of aromatic nitrogens is 12. The van der Waals surface area contributed by atoms with Crippen LogP contribution in [-0.4, -0.2) is 59.8 Å². The molecule has 16 aromatic heterocycles. The van der Waals surface area contributed by atoms with Crippen LogP contribution in [0.2, 0.25) is 0 Å². The molecule has 0 bridgehead atoms. The Bertz CT molecular complexity index is 8660. The summed E-state index contributed by atoms with van der Waals surface area (Å²) >= 11 is 0. The minimum atomic E-state index is -2.50. The molecule has 24 rings (SSSR count). The molecule has 20 heteroatoms. The molecule has 150 heavy (non-hydrogen) atoms. The molecule has 0 amide bonds. The van der Waals surface area contributed by atoms with E-state index in [-0.39, 0.29) is 86.0 Å². The molecule has 1 unspecified atom stereocenters. The topological polar surface area (TPSA) is 207 Å². The van der Waals surface area contributed by atoms with E-state index >= 15 is 0 Å². The molecule has 0 fully saturated rings. The van der Waals surface area contributed by atoms with Crippen LogP contribution in [0.4, 0.5) is 0 Å². The third kappa shape index (κ3) is 27.0. The summed E-state index contributed by atoms with van der Waals surface area (Å²) in [6.45, 7) is 19.0. The average Bonchev–Trinajstić information content (AvgIpc) is 1.61. The first kappa shape index (κ1) is 93.8. The van der Waals surface area contributed by atoms with Gasteiger partial charge in [0.05, 0.1) is 22.3 Å². The van der Waals surface area contributed by atoms with Crippen molar-refractivity contribution in [2.24, 2.45) is 0 Å². The molecule has 1 atom stereocenters. The maximum Gasteiger partial charge on any atom is 0.216 e. The van der Waals surface area contributed by atoms with Gasteiger partial charge in [-0.05, 0) is 196 Å². The van der Waals surface area contributed by atoms with Gasteiger partial charge in [-0.25, -0.2) is 19.9 Å². The molecule has 0 aliphatic rings. The second-order valence-corrected chi connectivity index (χ2v) is 35.3. The van der Waals surface area contributed by atoms with Gasteiger partial charge in [0.1, 0.15) is 0 Å². The third-order valence-corrected chi connectivity index (χ3v) is 23.7. The van der Waals surface area contributed by atoms with Crippen LogP contribution in [0.25, 0.3) is 178 Å². The average molecular weight is 2690 g/mol. The summed E-state index contributed by atoms with van der Waals surface area (Å²) in [5.41, 5.74) is 26.3.